The lowest BCUT2D eigenvalue weighted by Gasteiger charge is -2.14. The summed E-state index contributed by atoms with van der Waals surface area (Å²) >= 11 is 12.2. The summed E-state index contributed by atoms with van der Waals surface area (Å²) in [6, 6.07) is 3.63. The van der Waals surface area contributed by atoms with Crippen molar-refractivity contribution in [3.63, 3.8) is 0 Å². The van der Waals surface area contributed by atoms with Gasteiger partial charge in [0.05, 0.1) is 11.6 Å². The van der Waals surface area contributed by atoms with Crippen molar-refractivity contribution in [1.82, 2.24) is 10.6 Å². The molecule has 0 aliphatic rings. The van der Waals surface area contributed by atoms with Crippen molar-refractivity contribution in [3.8, 4) is 5.75 Å². The van der Waals surface area contributed by atoms with Crippen molar-refractivity contribution in [2.45, 2.75) is 26.3 Å². The molecule has 1 aromatic rings. The lowest BCUT2D eigenvalue weighted by atomic mass is 10.2. The normalized spacial score (nSPS) is 10.7. The zero-order valence-electron chi connectivity index (χ0n) is 11.6. The fourth-order valence-corrected chi connectivity index (χ4v) is 2.31. The number of benzene rings is 1. The number of halogens is 2. The quantitative estimate of drug-likeness (QED) is 0.685. The Morgan fingerprint density at radius 3 is 2.68 bits per heavy atom. The van der Waals surface area contributed by atoms with Crippen LogP contribution in [0.5, 0.6) is 5.75 Å². The molecule has 1 aromatic carbocycles. The molecule has 0 aliphatic heterocycles. The van der Waals surface area contributed by atoms with E-state index < -0.39 is 0 Å². The molecule has 0 aliphatic carbocycles. The molecular formula is C14H22Cl2N2O. The van der Waals surface area contributed by atoms with Crippen LogP contribution < -0.4 is 15.4 Å². The van der Waals surface area contributed by atoms with Crippen LogP contribution in [0.4, 0.5) is 0 Å². The van der Waals surface area contributed by atoms with E-state index in [0.717, 1.165) is 37.2 Å². The van der Waals surface area contributed by atoms with Crippen molar-refractivity contribution in [2.75, 3.05) is 26.7 Å². The van der Waals surface area contributed by atoms with Crippen LogP contribution in [0, 0.1) is 0 Å². The smallest absolute Gasteiger partial charge is 0.142 e. The van der Waals surface area contributed by atoms with Gasteiger partial charge in [-0.1, -0.05) is 30.1 Å². The monoisotopic (exact) mass is 304 g/mol. The topological polar surface area (TPSA) is 33.3 Å². The molecule has 19 heavy (non-hydrogen) atoms. The Morgan fingerprint density at radius 1 is 1.21 bits per heavy atom. The molecule has 3 nitrogen and oxygen atoms in total. The highest BCUT2D eigenvalue weighted by Gasteiger charge is 2.10. The van der Waals surface area contributed by atoms with Gasteiger partial charge < -0.3 is 15.4 Å². The molecule has 0 aromatic heterocycles. The van der Waals surface area contributed by atoms with Crippen molar-refractivity contribution in [3.05, 3.63) is 27.7 Å². The first-order chi connectivity index (χ1) is 9.19. The Balaban J connectivity index is 2.62. The van der Waals surface area contributed by atoms with Crippen LogP contribution in [-0.2, 0) is 6.54 Å². The SMILES string of the molecule is CCCOc1c(Cl)cc(Cl)cc1CNCCCNC. The highest BCUT2D eigenvalue weighted by molar-refractivity contribution is 6.35. The molecule has 0 heterocycles. The maximum Gasteiger partial charge on any atom is 0.142 e. The summed E-state index contributed by atoms with van der Waals surface area (Å²) in [5, 5.41) is 7.70. The Labute approximate surface area is 125 Å². The van der Waals surface area contributed by atoms with E-state index in [1.54, 1.807) is 6.07 Å². The predicted molar refractivity (Wildman–Crippen MR) is 82.5 cm³/mol. The molecule has 0 atom stereocenters. The fourth-order valence-electron chi connectivity index (χ4n) is 1.72. The molecule has 2 N–H and O–H groups in total. The molecule has 0 unspecified atom stereocenters. The van der Waals surface area contributed by atoms with Gasteiger partial charge >= 0.3 is 0 Å². The van der Waals surface area contributed by atoms with Crippen LogP contribution in [-0.4, -0.2) is 26.7 Å². The third-order valence-corrected chi connectivity index (χ3v) is 3.13. The van der Waals surface area contributed by atoms with Crippen molar-refractivity contribution in [2.24, 2.45) is 0 Å². The standard InChI is InChI=1S/C14H22Cl2N2O/c1-3-7-19-14-11(8-12(15)9-13(14)16)10-18-6-4-5-17-2/h8-9,17-18H,3-7,10H2,1-2H3. The molecule has 0 bridgehead atoms. The molecule has 0 amide bonds. The van der Waals surface area contributed by atoms with Gasteiger partial charge in [0.1, 0.15) is 5.75 Å². The highest BCUT2D eigenvalue weighted by atomic mass is 35.5. The molecule has 0 fully saturated rings. The van der Waals surface area contributed by atoms with Crippen molar-refractivity contribution in [1.29, 1.82) is 0 Å². The maximum atomic E-state index is 6.19. The molecule has 0 saturated carbocycles. The summed E-state index contributed by atoms with van der Waals surface area (Å²) in [6.45, 7) is 5.39. The third kappa shape index (κ3) is 6.00. The zero-order chi connectivity index (χ0) is 14.1. The van der Waals surface area contributed by atoms with Gasteiger partial charge in [-0.3, -0.25) is 0 Å². The van der Waals surface area contributed by atoms with Crippen LogP contribution in [0.3, 0.4) is 0 Å². The first-order valence-electron chi connectivity index (χ1n) is 6.65. The maximum absolute atomic E-state index is 6.19. The van der Waals surface area contributed by atoms with Crippen LogP contribution in [0.2, 0.25) is 10.0 Å². The Hall–Kier alpha value is -0.480. The Morgan fingerprint density at radius 2 is 2.00 bits per heavy atom. The van der Waals surface area contributed by atoms with Gasteiger partial charge in [0.2, 0.25) is 0 Å². The van der Waals surface area contributed by atoms with Gasteiger partial charge in [-0.15, -0.1) is 0 Å². The number of hydrogen-bond acceptors (Lipinski definition) is 3. The number of hydrogen-bond donors (Lipinski definition) is 2. The van der Waals surface area contributed by atoms with E-state index in [1.165, 1.54) is 0 Å². The van der Waals surface area contributed by atoms with Gasteiger partial charge in [0, 0.05) is 17.1 Å². The van der Waals surface area contributed by atoms with Crippen molar-refractivity contribution < 1.29 is 4.74 Å². The van der Waals surface area contributed by atoms with E-state index in [4.69, 9.17) is 27.9 Å². The third-order valence-electron chi connectivity index (χ3n) is 2.63. The first-order valence-corrected chi connectivity index (χ1v) is 7.40. The number of ether oxygens (including phenoxy) is 1. The Bertz CT molecular complexity index is 386. The summed E-state index contributed by atoms with van der Waals surface area (Å²) in [5.74, 6) is 0.744. The lowest BCUT2D eigenvalue weighted by Crippen LogP contribution is -2.20. The van der Waals surface area contributed by atoms with E-state index >= 15 is 0 Å². The molecule has 0 saturated heterocycles. The van der Waals surface area contributed by atoms with Gasteiger partial charge in [0.25, 0.3) is 0 Å². The van der Waals surface area contributed by atoms with E-state index in [1.807, 2.05) is 13.1 Å². The second-order valence-electron chi connectivity index (χ2n) is 4.36. The van der Waals surface area contributed by atoms with Gasteiger partial charge in [0.15, 0.2) is 0 Å². The summed E-state index contributed by atoms with van der Waals surface area (Å²) < 4.78 is 5.71. The van der Waals surface area contributed by atoms with Crippen LogP contribution in [0.1, 0.15) is 25.3 Å². The van der Waals surface area contributed by atoms with E-state index in [-0.39, 0.29) is 0 Å². The lowest BCUT2D eigenvalue weighted by molar-refractivity contribution is 0.313. The average Bonchev–Trinajstić information content (AvgIpc) is 2.37. The van der Waals surface area contributed by atoms with E-state index in [0.29, 0.717) is 23.2 Å². The first kappa shape index (κ1) is 16.6. The summed E-state index contributed by atoms with van der Waals surface area (Å²) in [4.78, 5) is 0. The van der Waals surface area contributed by atoms with Gasteiger partial charge in [-0.25, -0.2) is 0 Å². The van der Waals surface area contributed by atoms with Crippen LogP contribution in [0.15, 0.2) is 12.1 Å². The molecule has 0 spiro atoms. The Kier molecular flexibility index (Phi) is 8.22. The number of rotatable bonds is 9. The van der Waals surface area contributed by atoms with E-state index in [9.17, 15) is 0 Å². The van der Waals surface area contributed by atoms with Crippen LogP contribution in [0.25, 0.3) is 0 Å². The average molecular weight is 305 g/mol. The minimum absolute atomic E-state index is 0.577. The summed E-state index contributed by atoms with van der Waals surface area (Å²) in [5.41, 5.74) is 1.01. The minimum Gasteiger partial charge on any atom is -0.492 e. The molecule has 108 valence electrons. The van der Waals surface area contributed by atoms with E-state index in [2.05, 4.69) is 17.6 Å². The largest absolute Gasteiger partial charge is 0.492 e. The zero-order valence-corrected chi connectivity index (χ0v) is 13.1. The fraction of sp³-hybridized carbons (Fsp3) is 0.571. The molecule has 5 heteroatoms. The molecule has 0 radical (unpaired) electrons. The second-order valence-corrected chi connectivity index (χ2v) is 5.20. The highest BCUT2D eigenvalue weighted by Crippen LogP contribution is 2.32. The van der Waals surface area contributed by atoms with Crippen molar-refractivity contribution >= 4 is 23.2 Å². The van der Waals surface area contributed by atoms with Gasteiger partial charge in [-0.2, -0.15) is 0 Å². The molecular weight excluding hydrogens is 283 g/mol. The number of nitrogens with one attached hydrogen (secondary N) is 2. The van der Waals surface area contributed by atoms with Gasteiger partial charge in [-0.05, 0) is 45.1 Å². The van der Waals surface area contributed by atoms with Crippen LogP contribution >= 0.6 is 23.2 Å². The minimum atomic E-state index is 0.577. The second kappa shape index (κ2) is 9.43. The molecule has 1 rings (SSSR count). The predicted octanol–water partition coefficient (Wildman–Crippen LogP) is 3.48. The summed E-state index contributed by atoms with van der Waals surface area (Å²) in [7, 11) is 1.95. The summed E-state index contributed by atoms with van der Waals surface area (Å²) in [6.07, 6.45) is 2.03.